The number of carbonyl (C=O) groups excluding carboxylic acids is 11. The SMILES string of the molecule is CC(=O)CC(NC(=O)CC(NC(=O)CC(N)C(C)=O)C(C)=O)C(=O)O.NC1CC(=O)N(C2CC(=O)N(C3CC(=O)OC3=O)C2=O)C1=O.O. The van der Waals surface area contributed by atoms with Gasteiger partial charge in [0, 0.05) is 12.8 Å². The van der Waals surface area contributed by atoms with Gasteiger partial charge in [-0.15, -0.1) is 0 Å². The fourth-order valence-corrected chi connectivity index (χ4v) is 4.65. The van der Waals surface area contributed by atoms with Crippen molar-refractivity contribution in [2.24, 2.45) is 11.5 Å². The number of likely N-dealkylation sites (tertiary alicyclic amines) is 2. The predicted octanol–water partition coefficient (Wildman–Crippen LogP) is -5.48. The molecule has 0 aromatic rings. The maximum absolute atomic E-state index is 12.3. The summed E-state index contributed by atoms with van der Waals surface area (Å²) < 4.78 is 4.31. The molecule has 3 rings (SSSR count). The first-order chi connectivity index (χ1) is 21.7. The minimum Gasteiger partial charge on any atom is -0.480 e. The second-order valence-electron chi connectivity index (χ2n) is 11.0. The normalized spacial score (nSPS) is 22.1. The van der Waals surface area contributed by atoms with Gasteiger partial charge in [-0.3, -0.25) is 57.7 Å². The van der Waals surface area contributed by atoms with Crippen molar-refractivity contribution in [3.63, 3.8) is 0 Å². The number of carboxylic acid groups (broad SMARTS) is 1. The Hall–Kier alpha value is -5.28. The first-order valence-corrected chi connectivity index (χ1v) is 14.0. The van der Waals surface area contributed by atoms with Crippen LogP contribution in [-0.2, 0) is 62.3 Å². The van der Waals surface area contributed by atoms with E-state index in [0.29, 0.717) is 9.80 Å². The highest BCUT2D eigenvalue weighted by Crippen LogP contribution is 2.28. The van der Waals surface area contributed by atoms with Crippen molar-refractivity contribution >= 4 is 70.7 Å². The number of nitrogens with zero attached hydrogens (tertiary/aromatic N) is 2. The second kappa shape index (κ2) is 17.0. The summed E-state index contributed by atoms with van der Waals surface area (Å²) in [4.78, 5) is 140. The number of rotatable bonds is 13. The number of imide groups is 2. The van der Waals surface area contributed by atoms with E-state index in [2.05, 4.69) is 15.4 Å². The summed E-state index contributed by atoms with van der Waals surface area (Å²) in [5.41, 5.74) is 10.9. The van der Waals surface area contributed by atoms with Gasteiger partial charge in [0.05, 0.1) is 43.8 Å². The topological polar surface area (TPSA) is 348 Å². The Balaban J connectivity index is 0.000000472. The molecule has 21 heteroatoms. The van der Waals surface area contributed by atoms with Crippen molar-refractivity contribution in [1.29, 1.82) is 0 Å². The van der Waals surface area contributed by atoms with Crippen molar-refractivity contribution in [3.8, 4) is 0 Å². The minimum absolute atomic E-state index is 0. The van der Waals surface area contributed by atoms with Crippen molar-refractivity contribution in [1.82, 2.24) is 20.4 Å². The Morgan fingerprint density at radius 3 is 1.73 bits per heavy atom. The molecule has 21 nitrogen and oxygen atoms in total. The van der Waals surface area contributed by atoms with Crippen LogP contribution in [0.15, 0.2) is 0 Å². The third kappa shape index (κ3) is 10.4. The van der Waals surface area contributed by atoms with Crippen LogP contribution in [0.1, 0.15) is 59.3 Å². The number of cyclic esters (lactones) is 2. The molecule has 0 aromatic heterocycles. The number of Topliss-reactive ketones (excluding diaryl/α,β-unsaturated/α-hetero) is 3. The molecular formula is C27H36N6O15. The van der Waals surface area contributed by atoms with E-state index in [4.69, 9.17) is 16.6 Å². The number of nitrogens with two attached hydrogens (primary N) is 2. The molecule has 3 fully saturated rings. The van der Waals surface area contributed by atoms with Crippen LogP contribution in [0.5, 0.6) is 0 Å². The zero-order valence-electron chi connectivity index (χ0n) is 26.0. The summed E-state index contributed by atoms with van der Waals surface area (Å²) in [7, 11) is 0. The summed E-state index contributed by atoms with van der Waals surface area (Å²) in [6.07, 6.45) is -2.33. The van der Waals surface area contributed by atoms with Gasteiger partial charge < -0.3 is 37.4 Å². The van der Waals surface area contributed by atoms with Gasteiger partial charge in [0.2, 0.25) is 29.5 Å². The van der Waals surface area contributed by atoms with Crippen molar-refractivity contribution in [2.75, 3.05) is 0 Å². The number of nitrogens with one attached hydrogen (secondary N) is 2. The number of ketones is 3. The molecule has 0 radical (unpaired) electrons. The van der Waals surface area contributed by atoms with E-state index in [0.717, 1.165) is 6.92 Å². The molecule has 0 aromatic carbocycles. The maximum Gasteiger partial charge on any atom is 0.337 e. The van der Waals surface area contributed by atoms with Crippen molar-refractivity contribution < 1.29 is 72.9 Å². The van der Waals surface area contributed by atoms with Crippen LogP contribution in [0.25, 0.3) is 0 Å². The summed E-state index contributed by atoms with van der Waals surface area (Å²) in [6.45, 7) is 3.54. The zero-order valence-corrected chi connectivity index (χ0v) is 26.0. The summed E-state index contributed by atoms with van der Waals surface area (Å²) in [5, 5.41) is 13.4. The number of ether oxygens (including phenoxy) is 1. The number of esters is 2. The molecule has 3 aliphatic rings. The molecule has 6 amide bonds. The Bertz CT molecular complexity index is 1430. The average Bonchev–Trinajstić information content (AvgIpc) is 3.51. The van der Waals surface area contributed by atoms with Gasteiger partial charge in [0.1, 0.15) is 29.7 Å². The zero-order chi connectivity index (χ0) is 35.9. The molecule has 6 atom stereocenters. The van der Waals surface area contributed by atoms with E-state index < -0.39 is 133 Å². The Kier molecular flexibility index (Phi) is 14.5. The molecule has 0 spiro atoms. The first-order valence-electron chi connectivity index (χ1n) is 14.0. The van der Waals surface area contributed by atoms with Crippen LogP contribution in [0, 0.1) is 0 Å². The van der Waals surface area contributed by atoms with Gasteiger partial charge in [-0.05, 0) is 20.8 Å². The highest BCUT2D eigenvalue weighted by molar-refractivity contribution is 6.15. The van der Waals surface area contributed by atoms with Gasteiger partial charge in [-0.25, -0.2) is 9.59 Å². The third-order valence-corrected chi connectivity index (χ3v) is 7.11. The fraction of sp³-hybridized carbons (Fsp3) is 0.556. The fourth-order valence-electron chi connectivity index (χ4n) is 4.65. The van der Waals surface area contributed by atoms with Crippen LogP contribution in [0.3, 0.4) is 0 Å². The number of aliphatic carboxylic acids is 1. The van der Waals surface area contributed by atoms with Gasteiger partial charge in [-0.1, -0.05) is 0 Å². The molecule has 48 heavy (non-hydrogen) atoms. The lowest BCUT2D eigenvalue weighted by Crippen LogP contribution is -2.49. The molecule has 9 N–H and O–H groups in total. The summed E-state index contributed by atoms with van der Waals surface area (Å²) in [6, 6.07) is -7.32. The Morgan fingerprint density at radius 1 is 0.771 bits per heavy atom. The Morgan fingerprint density at radius 2 is 1.29 bits per heavy atom. The summed E-state index contributed by atoms with van der Waals surface area (Å²) >= 11 is 0. The number of hydrogen-bond acceptors (Lipinski definition) is 15. The van der Waals surface area contributed by atoms with Crippen LogP contribution >= 0.6 is 0 Å². The van der Waals surface area contributed by atoms with E-state index in [1.807, 2.05) is 0 Å². The molecule has 264 valence electrons. The molecule has 3 aliphatic heterocycles. The summed E-state index contributed by atoms with van der Waals surface area (Å²) in [5.74, 6) is -9.08. The first kappa shape index (κ1) is 40.7. The molecule has 0 bridgehead atoms. The molecule has 0 aliphatic carbocycles. The van der Waals surface area contributed by atoms with Gasteiger partial charge in [0.25, 0.3) is 5.91 Å². The van der Waals surface area contributed by atoms with Crippen LogP contribution in [0.2, 0.25) is 0 Å². The molecular weight excluding hydrogens is 648 g/mol. The lowest BCUT2D eigenvalue weighted by Gasteiger charge is -2.22. The standard InChI is InChI=1S/C15H23N3O7.C12H11N3O7.H2O/c1-7(19)4-12(15(24)25)18-14(23)6-11(9(3)21)17-13(22)5-10(16)8(2)20;13-4-1-7(16)14(10(4)19)5-2-8(17)15(11(5)20)6-3-9(18)22-12(6)21;/h10-12H,4-6,16H2,1-3H3,(H,17,22)(H,18,23)(H,24,25);4-6H,1-3,13H2;1H2. The van der Waals surface area contributed by atoms with Crippen LogP contribution in [0.4, 0.5) is 0 Å². The lowest BCUT2D eigenvalue weighted by molar-refractivity contribution is -0.157. The van der Waals surface area contributed by atoms with Crippen molar-refractivity contribution in [2.45, 2.75) is 95.5 Å². The van der Waals surface area contributed by atoms with Crippen molar-refractivity contribution in [3.05, 3.63) is 0 Å². The highest BCUT2D eigenvalue weighted by atomic mass is 16.6. The maximum atomic E-state index is 12.3. The second-order valence-corrected chi connectivity index (χ2v) is 11.0. The molecule has 0 saturated carbocycles. The van der Waals surface area contributed by atoms with E-state index in [1.165, 1.54) is 13.8 Å². The third-order valence-electron chi connectivity index (χ3n) is 7.11. The number of hydrogen-bond donors (Lipinski definition) is 5. The minimum atomic E-state index is -1.42. The number of carboxylic acids is 1. The molecule has 3 heterocycles. The smallest absolute Gasteiger partial charge is 0.337 e. The van der Waals surface area contributed by atoms with E-state index in [-0.39, 0.29) is 18.3 Å². The van der Waals surface area contributed by atoms with E-state index in [1.54, 1.807) is 0 Å². The number of amides is 6. The Labute approximate surface area is 271 Å². The number of carbonyl (C=O) groups is 12. The van der Waals surface area contributed by atoms with Gasteiger partial charge in [0.15, 0.2) is 5.78 Å². The van der Waals surface area contributed by atoms with Crippen LogP contribution in [-0.4, -0.2) is 127 Å². The van der Waals surface area contributed by atoms with E-state index >= 15 is 0 Å². The lowest BCUT2D eigenvalue weighted by atomic mass is 10.1. The predicted molar refractivity (Wildman–Crippen MR) is 153 cm³/mol. The quantitative estimate of drug-likeness (QED) is 0.0686. The van der Waals surface area contributed by atoms with E-state index in [9.17, 15) is 57.5 Å². The largest absolute Gasteiger partial charge is 0.480 e. The van der Waals surface area contributed by atoms with Gasteiger partial charge >= 0.3 is 17.9 Å². The molecule has 6 unspecified atom stereocenters. The van der Waals surface area contributed by atoms with Crippen LogP contribution < -0.4 is 22.1 Å². The molecule has 3 saturated heterocycles. The average molecular weight is 685 g/mol. The monoisotopic (exact) mass is 684 g/mol. The highest BCUT2D eigenvalue weighted by Gasteiger charge is 2.54. The van der Waals surface area contributed by atoms with Gasteiger partial charge in [-0.2, -0.15) is 0 Å².